The Morgan fingerprint density at radius 2 is 1.36 bits per heavy atom. The number of aromatic nitrogens is 4. The molecule has 2 aromatic heterocycles. The van der Waals surface area contributed by atoms with E-state index in [1.807, 2.05) is 12.1 Å². The van der Waals surface area contributed by atoms with E-state index < -0.39 is 37.9 Å². The summed E-state index contributed by atoms with van der Waals surface area (Å²) in [6, 6.07) is 6.84. The van der Waals surface area contributed by atoms with Crippen molar-refractivity contribution in [2.75, 3.05) is 21.4 Å². The van der Waals surface area contributed by atoms with Gasteiger partial charge in [0.25, 0.3) is 20.0 Å². The minimum absolute atomic E-state index is 0.00156. The van der Waals surface area contributed by atoms with Crippen molar-refractivity contribution in [1.82, 2.24) is 19.9 Å². The Bertz CT molecular complexity index is 1890. The van der Waals surface area contributed by atoms with Gasteiger partial charge in [-0.15, -0.1) is 0 Å². The first-order chi connectivity index (χ1) is 20.6. The molecule has 14 nitrogen and oxygen atoms in total. The van der Waals surface area contributed by atoms with Gasteiger partial charge < -0.3 is 19.5 Å². The zero-order valence-electron chi connectivity index (χ0n) is 24.7. The van der Waals surface area contributed by atoms with Crippen molar-refractivity contribution in [2.24, 2.45) is 0 Å². The maximum Gasteiger partial charge on any atom is 0.442 e. The summed E-state index contributed by atoms with van der Waals surface area (Å²) in [6.45, 7) is 6.90. The highest BCUT2D eigenvalue weighted by atomic mass is 32.2. The van der Waals surface area contributed by atoms with Crippen molar-refractivity contribution in [3.8, 4) is 0 Å². The predicted molar refractivity (Wildman–Crippen MR) is 162 cm³/mol. The molecule has 4 rings (SSSR count). The summed E-state index contributed by atoms with van der Waals surface area (Å²) in [7, 11) is -8.55. The standard InChI is InChI=1S/C28H32N6O8S2/c1-17-6-21(10-23-12-29-14-31-23)19(3)25(8-17)33-44(39,40)16-41-27(35)28(36)42-34(43(5,37)38)26-9-18(2)7-22(20(26)4)11-24-13-30-15-32-24/h6-9,12-15,33H,10-11,16H2,1-5H3,(H,29,31)(H,30,32). The van der Waals surface area contributed by atoms with Gasteiger partial charge in [0.05, 0.1) is 30.3 Å². The van der Waals surface area contributed by atoms with Crippen molar-refractivity contribution in [2.45, 2.75) is 40.5 Å². The number of aromatic amines is 2. The normalized spacial score (nSPS) is 11.7. The zero-order valence-corrected chi connectivity index (χ0v) is 26.3. The van der Waals surface area contributed by atoms with Crippen LogP contribution < -0.4 is 9.19 Å². The van der Waals surface area contributed by atoms with E-state index in [4.69, 9.17) is 9.57 Å². The second-order valence-electron chi connectivity index (χ2n) is 10.3. The van der Waals surface area contributed by atoms with E-state index in [2.05, 4.69) is 24.7 Å². The van der Waals surface area contributed by atoms with Gasteiger partial charge in [-0.25, -0.2) is 36.4 Å². The third-order valence-corrected chi connectivity index (χ3v) is 8.44. The van der Waals surface area contributed by atoms with Gasteiger partial charge in [-0.05, 0) is 73.2 Å². The Hall–Kier alpha value is -4.70. The Morgan fingerprint density at radius 1 is 0.818 bits per heavy atom. The molecule has 234 valence electrons. The first-order valence-electron chi connectivity index (χ1n) is 13.2. The largest absolute Gasteiger partial charge is 0.442 e. The number of nitrogens with zero attached hydrogens (tertiary/aromatic N) is 3. The molecule has 0 fully saturated rings. The molecule has 4 aromatic rings. The number of imidazole rings is 2. The number of ether oxygens (including phenoxy) is 1. The number of carbonyl (C=O) groups excluding carboxylic acids is 2. The number of esters is 1. The molecule has 2 heterocycles. The lowest BCUT2D eigenvalue weighted by Gasteiger charge is -2.23. The number of hydrogen-bond donors (Lipinski definition) is 3. The molecule has 0 aliphatic rings. The molecule has 3 N–H and O–H groups in total. The smallest absolute Gasteiger partial charge is 0.439 e. The summed E-state index contributed by atoms with van der Waals surface area (Å²) in [4.78, 5) is 44.0. The molecular weight excluding hydrogens is 612 g/mol. The van der Waals surface area contributed by atoms with Crippen LogP contribution in [0.3, 0.4) is 0 Å². The lowest BCUT2D eigenvalue weighted by Crippen LogP contribution is -2.37. The molecule has 0 radical (unpaired) electrons. The lowest BCUT2D eigenvalue weighted by molar-refractivity contribution is -0.166. The van der Waals surface area contributed by atoms with Crippen LogP contribution in [0, 0.1) is 27.7 Å². The molecule has 0 aliphatic heterocycles. The molecule has 0 saturated carbocycles. The van der Waals surface area contributed by atoms with Crippen LogP contribution in [0.1, 0.15) is 44.8 Å². The Kier molecular flexibility index (Phi) is 9.44. The third-order valence-electron chi connectivity index (χ3n) is 6.60. The summed E-state index contributed by atoms with van der Waals surface area (Å²) >= 11 is 0. The summed E-state index contributed by atoms with van der Waals surface area (Å²) < 4.78 is 58.3. The predicted octanol–water partition coefficient (Wildman–Crippen LogP) is 2.71. The number of benzene rings is 2. The summed E-state index contributed by atoms with van der Waals surface area (Å²) in [5.74, 6) is -4.65. The van der Waals surface area contributed by atoms with Crippen LogP contribution >= 0.6 is 0 Å². The lowest BCUT2D eigenvalue weighted by atomic mass is 10.00. The monoisotopic (exact) mass is 644 g/mol. The number of nitrogens with one attached hydrogen (secondary N) is 3. The highest BCUT2D eigenvalue weighted by Gasteiger charge is 2.31. The van der Waals surface area contributed by atoms with Gasteiger partial charge >= 0.3 is 11.9 Å². The van der Waals surface area contributed by atoms with Crippen LogP contribution in [0.25, 0.3) is 0 Å². The van der Waals surface area contributed by atoms with E-state index in [1.54, 1.807) is 52.5 Å². The number of anilines is 2. The van der Waals surface area contributed by atoms with Gasteiger partial charge in [-0.2, -0.15) is 0 Å². The molecule has 0 aliphatic carbocycles. The van der Waals surface area contributed by atoms with E-state index in [0.717, 1.165) is 28.8 Å². The maximum absolute atomic E-state index is 12.8. The first-order valence-corrected chi connectivity index (χ1v) is 16.7. The van der Waals surface area contributed by atoms with Crippen LogP contribution in [0.5, 0.6) is 0 Å². The second-order valence-corrected chi connectivity index (χ2v) is 13.8. The molecule has 44 heavy (non-hydrogen) atoms. The molecule has 0 atom stereocenters. The number of H-pyrrole nitrogens is 2. The average molecular weight is 645 g/mol. The Balaban J connectivity index is 1.46. The van der Waals surface area contributed by atoms with Gasteiger partial charge in [0.15, 0.2) is 0 Å². The number of aryl methyl sites for hydroxylation is 2. The van der Waals surface area contributed by atoms with Gasteiger partial charge in [-0.3, -0.25) is 4.72 Å². The van der Waals surface area contributed by atoms with E-state index in [0.29, 0.717) is 39.6 Å². The first kappa shape index (κ1) is 32.2. The number of carbonyl (C=O) groups is 2. The van der Waals surface area contributed by atoms with E-state index in [1.165, 1.54) is 12.4 Å². The van der Waals surface area contributed by atoms with Crippen molar-refractivity contribution >= 4 is 43.4 Å². The molecule has 0 spiro atoms. The molecule has 0 bridgehead atoms. The minimum Gasteiger partial charge on any atom is -0.439 e. The number of hydrogen-bond acceptors (Lipinski definition) is 10. The zero-order chi connectivity index (χ0) is 32.2. The van der Waals surface area contributed by atoms with Crippen LogP contribution in [0.4, 0.5) is 11.4 Å². The topological polar surface area (TPSA) is 194 Å². The maximum atomic E-state index is 12.8. The molecule has 0 saturated heterocycles. The highest BCUT2D eigenvalue weighted by Crippen LogP contribution is 2.29. The average Bonchev–Trinajstić information content (AvgIpc) is 3.64. The van der Waals surface area contributed by atoms with E-state index in [-0.39, 0.29) is 11.4 Å². The number of rotatable bonds is 11. The van der Waals surface area contributed by atoms with Gasteiger partial charge in [0, 0.05) is 36.6 Å². The van der Waals surface area contributed by atoms with Gasteiger partial charge in [0.1, 0.15) is 0 Å². The molecule has 0 amide bonds. The SMILES string of the molecule is Cc1cc(Cc2cnc[nH]2)c(C)c(NS(=O)(=O)COC(=O)C(=O)ON(c2cc(C)cc(Cc3cnc[nH]3)c2C)S(C)(=O)=O)c1. The molecule has 2 aromatic carbocycles. The fraction of sp³-hybridized carbons (Fsp3) is 0.286. The third kappa shape index (κ3) is 8.02. The fourth-order valence-corrected chi connectivity index (χ4v) is 6.10. The molecular formula is C28H32N6O8S2. The minimum atomic E-state index is -4.29. The Morgan fingerprint density at radius 3 is 1.89 bits per heavy atom. The van der Waals surface area contributed by atoms with Crippen LogP contribution in [-0.4, -0.2) is 60.9 Å². The van der Waals surface area contributed by atoms with Crippen molar-refractivity contribution < 1.29 is 36.0 Å². The van der Waals surface area contributed by atoms with Crippen molar-refractivity contribution in [3.63, 3.8) is 0 Å². The highest BCUT2D eigenvalue weighted by molar-refractivity contribution is 7.92. The van der Waals surface area contributed by atoms with E-state index >= 15 is 0 Å². The number of sulfonamides is 2. The van der Waals surface area contributed by atoms with Crippen molar-refractivity contribution in [3.05, 3.63) is 94.1 Å². The van der Waals surface area contributed by atoms with Crippen LogP contribution in [-0.2, 0) is 52.1 Å². The van der Waals surface area contributed by atoms with Crippen molar-refractivity contribution in [1.29, 1.82) is 0 Å². The molecule has 0 unspecified atom stereocenters. The van der Waals surface area contributed by atoms with Gasteiger partial charge in [0.2, 0.25) is 5.94 Å². The summed E-state index contributed by atoms with van der Waals surface area (Å²) in [6.07, 6.45) is 7.98. The second kappa shape index (κ2) is 12.9. The summed E-state index contributed by atoms with van der Waals surface area (Å²) in [5, 5.41) is 0. The van der Waals surface area contributed by atoms with Gasteiger partial charge in [-0.1, -0.05) is 16.6 Å². The van der Waals surface area contributed by atoms with Crippen LogP contribution in [0.2, 0.25) is 0 Å². The quantitative estimate of drug-likeness (QED) is 0.124. The van der Waals surface area contributed by atoms with Crippen LogP contribution in [0.15, 0.2) is 49.3 Å². The fourth-order valence-electron chi connectivity index (χ4n) is 4.48. The molecule has 16 heteroatoms. The van der Waals surface area contributed by atoms with E-state index in [9.17, 15) is 26.4 Å². The summed E-state index contributed by atoms with van der Waals surface area (Å²) in [5.41, 5.74) is 5.96. The Labute approximate surface area is 254 Å².